The normalized spacial score (nSPS) is 12.3. The number of nitrogens with zero attached hydrogens (tertiary/aromatic N) is 3. The predicted octanol–water partition coefficient (Wildman–Crippen LogP) is 13.7. The SMILES string of the molecule is Cc1ccc2c(c1)c1ccccc1n2-c1cc(C#N)ccc1-c1ccc(-c2cc(C(F)(F)F)cc(C(F)(F)F)c2)cc1-n1c2ccccc2c2cc(C)ccc21. The first kappa shape index (κ1) is 34.9. The van der Waals surface area contributed by atoms with E-state index >= 15 is 0 Å². The van der Waals surface area contributed by atoms with Crippen LogP contribution in [0.15, 0.2) is 140 Å². The fraction of sp³-hybridized carbons (Fsp3) is 0.0851. The molecule has 56 heavy (non-hydrogen) atoms. The molecule has 0 saturated heterocycles. The molecule has 274 valence electrons. The number of fused-ring (bicyclic) bond motifs is 6. The Labute approximate surface area is 316 Å². The van der Waals surface area contributed by atoms with Crippen molar-refractivity contribution in [2.45, 2.75) is 26.2 Å². The van der Waals surface area contributed by atoms with Gasteiger partial charge < -0.3 is 9.13 Å². The van der Waals surface area contributed by atoms with E-state index in [-0.39, 0.29) is 17.2 Å². The molecular weight excluding hydrogens is 721 g/mol. The Morgan fingerprint density at radius 2 is 0.911 bits per heavy atom. The summed E-state index contributed by atoms with van der Waals surface area (Å²) < 4.78 is 88.8. The van der Waals surface area contributed by atoms with E-state index in [0.717, 1.165) is 66.9 Å². The zero-order valence-corrected chi connectivity index (χ0v) is 29.9. The number of para-hydroxylation sites is 2. The van der Waals surface area contributed by atoms with E-state index in [2.05, 4.69) is 22.8 Å². The smallest absolute Gasteiger partial charge is 0.309 e. The molecule has 0 radical (unpaired) electrons. The Balaban J connectivity index is 1.41. The number of hydrogen-bond donors (Lipinski definition) is 0. The lowest BCUT2D eigenvalue weighted by molar-refractivity contribution is -0.143. The first-order valence-electron chi connectivity index (χ1n) is 17.8. The molecule has 9 aromatic rings. The second-order valence-electron chi connectivity index (χ2n) is 14.1. The van der Waals surface area contributed by atoms with Gasteiger partial charge in [0.05, 0.1) is 56.2 Å². The summed E-state index contributed by atoms with van der Waals surface area (Å²) in [5, 5.41) is 14.0. The van der Waals surface area contributed by atoms with Crippen LogP contribution < -0.4 is 0 Å². The second-order valence-corrected chi connectivity index (χ2v) is 14.1. The average molecular weight is 750 g/mol. The monoisotopic (exact) mass is 749 g/mol. The summed E-state index contributed by atoms with van der Waals surface area (Å²) in [5.41, 5.74) is 5.65. The van der Waals surface area contributed by atoms with Crippen molar-refractivity contribution >= 4 is 43.6 Å². The third-order valence-electron chi connectivity index (χ3n) is 10.5. The van der Waals surface area contributed by atoms with Gasteiger partial charge in [-0.1, -0.05) is 77.9 Å². The molecule has 0 spiro atoms. The number of aryl methyl sites for hydroxylation is 2. The number of rotatable bonds is 4. The van der Waals surface area contributed by atoms with Gasteiger partial charge in [-0.15, -0.1) is 0 Å². The lowest BCUT2D eigenvalue weighted by Crippen LogP contribution is -2.11. The summed E-state index contributed by atoms with van der Waals surface area (Å²) in [7, 11) is 0. The molecule has 9 rings (SSSR count). The van der Waals surface area contributed by atoms with E-state index in [1.54, 1.807) is 24.3 Å². The molecule has 0 atom stereocenters. The van der Waals surface area contributed by atoms with Gasteiger partial charge >= 0.3 is 12.4 Å². The molecule has 0 N–H and O–H groups in total. The van der Waals surface area contributed by atoms with E-state index in [1.165, 1.54) is 0 Å². The maximum Gasteiger partial charge on any atom is 0.416 e. The van der Waals surface area contributed by atoms with Gasteiger partial charge in [-0.2, -0.15) is 31.6 Å². The van der Waals surface area contributed by atoms with Gasteiger partial charge in [-0.3, -0.25) is 0 Å². The zero-order chi connectivity index (χ0) is 39.1. The minimum atomic E-state index is -5.01. The highest BCUT2D eigenvalue weighted by molar-refractivity contribution is 6.12. The third-order valence-corrected chi connectivity index (χ3v) is 10.5. The topological polar surface area (TPSA) is 33.6 Å². The van der Waals surface area contributed by atoms with E-state index in [4.69, 9.17) is 0 Å². The molecule has 0 aliphatic carbocycles. The summed E-state index contributed by atoms with van der Waals surface area (Å²) >= 11 is 0. The van der Waals surface area contributed by atoms with Crippen molar-refractivity contribution in [3.8, 4) is 39.7 Å². The van der Waals surface area contributed by atoms with E-state index in [9.17, 15) is 31.6 Å². The van der Waals surface area contributed by atoms with E-state index in [0.29, 0.717) is 28.1 Å². The maximum absolute atomic E-state index is 14.1. The molecule has 0 fully saturated rings. The predicted molar refractivity (Wildman–Crippen MR) is 210 cm³/mol. The van der Waals surface area contributed by atoms with Crippen LogP contribution in [0.5, 0.6) is 0 Å². The minimum Gasteiger partial charge on any atom is -0.309 e. The van der Waals surface area contributed by atoms with Crippen molar-refractivity contribution in [2.24, 2.45) is 0 Å². The van der Waals surface area contributed by atoms with Crippen LogP contribution in [0.4, 0.5) is 26.3 Å². The maximum atomic E-state index is 14.1. The van der Waals surface area contributed by atoms with E-state index < -0.39 is 23.5 Å². The molecule has 0 amide bonds. The molecule has 7 aromatic carbocycles. The van der Waals surface area contributed by atoms with Crippen molar-refractivity contribution < 1.29 is 26.3 Å². The van der Waals surface area contributed by atoms with Gasteiger partial charge in [0.2, 0.25) is 0 Å². The Hall–Kier alpha value is -6.79. The molecule has 9 heteroatoms. The first-order valence-corrected chi connectivity index (χ1v) is 17.8. The van der Waals surface area contributed by atoms with Crippen molar-refractivity contribution in [1.29, 1.82) is 5.26 Å². The molecule has 2 heterocycles. The zero-order valence-electron chi connectivity index (χ0n) is 29.9. The summed E-state index contributed by atoms with van der Waals surface area (Å²) in [6.45, 7) is 4.01. The lowest BCUT2D eigenvalue weighted by Gasteiger charge is -2.20. The largest absolute Gasteiger partial charge is 0.416 e. The van der Waals surface area contributed by atoms with Crippen LogP contribution in [0.1, 0.15) is 27.8 Å². The Bertz CT molecular complexity index is 3070. The number of halogens is 6. The molecule has 3 nitrogen and oxygen atoms in total. The highest BCUT2D eigenvalue weighted by Gasteiger charge is 2.37. The molecule has 0 bridgehead atoms. The lowest BCUT2D eigenvalue weighted by atomic mass is 9.94. The van der Waals surface area contributed by atoms with Crippen molar-refractivity contribution in [3.05, 3.63) is 167 Å². The Kier molecular flexibility index (Phi) is 7.89. The second kappa shape index (κ2) is 12.6. The summed E-state index contributed by atoms with van der Waals surface area (Å²) in [6, 6.07) is 42.2. The molecule has 0 unspecified atom stereocenters. The van der Waals surface area contributed by atoms with Crippen LogP contribution in [0.25, 0.3) is 77.2 Å². The number of alkyl halides is 6. The Morgan fingerprint density at radius 3 is 1.41 bits per heavy atom. The third kappa shape index (κ3) is 5.68. The van der Waals surface area contributed by atoms with Gasteiger partial charge in [-0.25, -0.2) is 0 Å². The standard InChI is InChI=1S/C47H29F6N3/c1-27-11-17-42-38(19-27)34-7-3-5-9-40(34)55(42)44-21-29(26-54)13-15-36(44)37-16-14-30(31-22-32(46(48,49)50)25-33(23-31)47(51,52)53)24-45(37)56-41-10-6-4-8-35(41)39-20-28(2)12-18-43(39)56/h3-25H,1-2H3. The quantitative estimate of drug-likeness (QED) is 0.165. The van der Waals surface area contributed by atoms with Crippen molar-refractivity contribution in [3.63, 3.8) is 0 Å². The van der Waals surface area contributed by atoms with Gasteiger partial charge in [0.25, 0.3) is 0 Å². The van der Waals surface area contributed by atoms with Crippen LogP contribution in [-0.4, -0.2) is 9.13 Å². The van der Waals surface area contributed by atoms with Crippen LogP contribution >= 0.6 is 0 Å². The fourth-order valence-corrected chi connectivity index (χ4v) is 7.95. The summed E-state index contributed by atoms with van der Waals surface area (Å²) in [5.74, 6) is 0. The Morgan fingerprint density at radius 1 is 0.446 bits per heavy atom. The van der Waals surface area contributed by atoms with Gasteiger partial charge in [0.15, 0.2) is 0 Å². The minimum absolute atomic E-state index is 0.143. The van der Waals surface area contributed by atoms with Crippen LogP contribution in [0.2, 0.25) is 0 Å². The number of hydrogen-bond acceptors (Lipinski definition) is 1. The summed E-state index contributed by atoms with van der Waals surface area (Å²) in [6.07, 6.45) is -10.0. The van der Waals surface area contributed by atoms with Gasteiger partial charge in [-0.05, 0) is 97.8 Å². The first-order chi connectivity index (χ1) is 26.8. The molecule has 0 aliphatic rings. The highest BCUT2D eigenvalue weighted by atomic mass is 19.4. The van der Waals surface area contributed by atoms with Crippen molar-refractivity contribution in [1.82, 2.24) is 9.13 Å². The molecule has 0 saturated carbocycles. The number of aromatic nitrogens is 2. The van der Waals surface area contributed by atoms with Crippen LogP contribution in [0, 0.1) is 25.2 Å². The highest BCUT2D eigenvalue weighted by Crippen LogP contribution is 2.44. The van der Waals surface area contributed by atoms with E-state index in [1.807, 2.05) is 103 Å². The van der Waals surface area contributed by atoms with Crippen LogP contribution in [-0.2, 0) is 12.4 Å². The number of nitriles is 1. The molecular formula is C47H29F6N3. The molecule has 0 aliphatic heterocycles. The fourth-order valence-electron chi connectivity index (χ4n) is 7.95. The van der Waals surface area contributed by atoms with Gasteiger partial charge in [0.1, 0.15) is 0 Å². The summed E-state index contributed by atoms with van der Waals surface area (Å²) in [4.78, 5) is 0. The van der Waals surface area contributed by atoms with Gasteiger partial charge in [0, 0.05) is 32.7 Å². The average Bonchev–Trinajstić information content (AvgIpc) is 3.68. The van der Waals surface area contributed by atoms with Crippen molar-refractivity contribution in [2.75, 3.05) is 0 Å². The molecule has 2 aromatic heterocycles. The number of benzene rings is 7. The van der Waals surface area contributed by atoms with Crippen LogP contribution in [0.3, 0.4) is 0 Å².